The smallest absolute Gasteiger partial charge is 0.329 e. The number of aromatic hydroxyl groups is 1. The summed E-state index contributed by atoms with van der Waals surface area (Å²) in [4.78, 5) is 26.6. The summed E-state index contributed by atoms with van der Waals surface area (Å²) in [6.07, 6.45) is 1.08. The van der Waals surface area contributed by atoms with Crippen LogP contribution in [0, 0.1) is 12.8 Å². The lowest BCUT2D eigenvalue weighted by atomic mass is 10.0. The average molecular weight is 333 g/mol. The third-order valence-electron chi connectivity index (χ3n) is 4.05. The number of aryl methyl sites for hydroxylation is 3. The van der Waals surface area contributed by atoms with E-state index < -0.39 is 17.6 Å². The van der Waals surface area contributed by atoms with Gasteiger partial charge in [0.1, 0.15) is 6.04 Å². The number of H-pyrrole nitrogens is 1. The van der Waals surface area contributed by atoms with Crippen LogP contribution in [0.5, 0.6) is 5.88 Å². The maximum Gasteiger partial charge on any atom is 0.329 e. The van der Waals surface area contributed by atoms with E-state index in [2.05, 4.69) is 4.98 Å². The van der Waals surface area contributed by atoms with Crippen LogP contribution < -0.4 is 11.2 Å². The van der Waals surface area contributed by atoms with Crippen LogP contribution in [0.2, 0.25) is 0 Å². The van der Waals surface area contributed by atoms with Crippen LogP contribution in [0.25, 0.3) is 0 Å². The van der Waals surface area contributed by atoms with E-state index in [1.165, 1.54) is 0 Å². The van der Waals surface area contributed by atoms with Crippen molar-refractivity contribution < 1.29 is 15.1 Å². The molecule has 1 unspecified atom stereocenters. The molecule has 1 aromatic heterocycles. The van der Waals surface area contributed by atoms with Crippen molar-refractivity contribution in [2.45, 2.75) is 39.7 Å². The molecule has 0 aliphatic rings. The number of rotatable bonds is 6. The molecular weight excluding hydrogens is 310 g/mol. The first-order chi connectivity index (χ1) is 11.3. The zero-order valence-electron chi connectivity index (χ0n) is 14.0. The van der Waals surface area contributed by atoms with E-state index in [1.807, 2.05) is 31.2 Å². The molecule has 24 heavy (non-hydrogen) atoms. The highest BCUT2D eigenvalue weighted by Crippen LogP contribution is 2.24. The molecule has 0 saturated heterocycles. The van der Waals surface area contributed by atoms with Crippen molar-refractivity contribution in [1.82, 2.24) is 15.0 Å². The molecule has 2 aromatic rings. The van der Waals surface area contributed by atoms with E-state index in [-0.39, 0.29) is 11.8 Å². The zero-order valence-corrected chi connectivity index (χ0v) is 14.0. The Hall–Kier alpha value is -2.54. The van der Waals surface area contributed by atoms with E-state index in [0.29, 0.717) is 18.5 Å². The standard InChI is InChI=1S/C17H23N3O4/c1-10(2)14(15(21)19-24)20-16(22)13(18-17(20)23)9-8-12-6-4-11(3)5-7-12/h4-7,10,14,22,24H,8-9H2,1-3H3,(H,18,23)(H,19,21). The summed E-state index contributed by atoms with van der Waals surface area (Å²) >= 11 is 0. The van der Waals surface area contributed by atoms with Gasteiger partial charge in [0, 0.05) is 0 Å². The zero-order chi connectivity index (χ0) is 17.9. The summed E-state index contributed by atoms with van der Waals surface area (Å²) in [7, 11) is 0. The highest BCUT2D eigenvalue weighted by molar-refractivity contribution is 5.79. The summed E-state index contributed by atoms with van der Waals surface area (Å²) in [5.74, 6) is -1.30. The maximum absolute atomic E-state index is 12.2. The van der Waals surface area contributed by atoms with E-state index in [1.54, 1.807) is 19.3 Å². The SMILES string of the molecule is Cc1ccc(CCc2[nH]c(=O)n(C(C(=O)NO)C(C)C)c2O)cc1. The third kappa shape index (κ3) is 3.68. The predicted octanol–water partition coefficient (Wildman–Crippen LogP) is 1.68. The second-order valence-electron chi connectivity index (χ2n) is 6.25. The number of benzene rings is 1. The highest BCUT2D eigenvalue weighted by Gasteiger charge is 2.29. The van der Waals surface area contributed by atoms with Crippen LogP contribution in [0.3, 0.4) is 0 Å². The first-order valence-electron chi connectivity index (χ1n) is 7.87. The molecule has 0 fully saturated rings. The molecule has 0 aliphatic carbocycles. The number of imidazole rings is 1. The van der Waals surface area contributed by atoms with Crippen molar-refractivity contribution in [3.63, 3.8) is 0 Å². The molecule has 0 radical (unpaired) electrons. The molecule has 1 aromatic carbocycles. The molecule has 0 aliphatic heterocycles. The van der Waals surface area contributed by atoms with Crippen LogP contribution in [0.4, 0.5) is 0 Å². The van der Waals surface area contributed by atoms with Crippen LogP contribution in [0.1, 0.15) is 36.7 Å². The van der Waals surface area contributed by atoms with Crippen molar-refractivity contribution in [1.29, 1.82) is 0 Å². The Balaban J connectivity index is 2.26. The summed E-state index contributed by atoms with van der Waals surface area (Å²) in [6, 6.07) is 7.01. The summed E-state index contributed by atoms with van der Waals surface area (Å²) in [5, 5.41) is 19.2. The minimum absolute atomic E-state index is 0.269. The van der Waals surface area contributed by atoms with Gasteiger partial charge in [-0.25, -0.2) is 10.3 Å². The molecule has 0 bridgehead atoms. The number of aromatic nitrogens is 2. The van der Waals surface area contributed by atoms with Crippen molar-refractivity contribution in [2.75, 3.05) is 0 Å². The molecule has 0 saturated carbocycles. The number of carbonyl (C=O) groups excluding carboxylic acids is 1. The first-order valence-corrected chi connectivity index (χ1v) is 7.87. The number of hydroxylamine groups is 1. The molecule has 2 rings (SSSR count). The Kier molecular flexibility index (Phi) is 5.46. The molecule has 4 N–H and O–H groups in total. The second kappa shape index (κ2) is 7.35. The Labute approximate surface area is 139 Å². The fourth-order valence-corrected chi connectivity index (χ4v) is 2.73. The minimum Gasteiger partial charge on any atom is -0.493 e. The number of hydrogen-bond donors (Lipinski definition) is 4. The van der Waals surface area contributed by atoms with Crippen molar-refractivity contribution >= 4 is 5.91 Å². The molecule has 7 nitrogen and oxygen atoms in total. The molecule has 7 heteroatoms. The lowest BCUT2D eigenvalue weighted by molar-refractivity contribution is -0.134. The highest BCUT2D eigenvalue weighted by atomic mass is 16.5. The number of nitrogens with zero attached hydrogens (tertiary/aromatic N) is 1. The van der Waals surface area contributed by atoms with Gasteiger partial charge in [-0.05, 0) is 31.2 Å². The molecule has 1 heterocycles. The summed E-state index contributed by atoms with van der Waals surface area (Å²) < 4.78 is 0.987. The predicted molar refractivity (Wildman–Crippen MR) is 89.1 cm³/mol. The Morgan fingerprint density at radius 3 is 2.42 bits per heavy atom. The van der Waals surface area contributed by atoms with Crippen molar-refractivity contribution in [2.24, 2.45) is 5.92 Å². The van der Waals surface area contributed by atoms with Gasteiger partial charge in [0.2, 0.25) is 5.88 Å². The van der Waals surface area contributed by atoms with Crippen LogP contribution in [-0.4, -0.2) is 25.8 Å². The fourth-order valence-electron chi connectivity index (χ4n) is 2.73. The van der Waals surface area contributed by atoms with Gasteiger partial charge in [-0.15, -0.1) is 0 Å². The Bertz CT molecular complexity index is 759. The van der Waals surface area contributed by atoms with Gasteiger partial charge >= 0.3 is 5.69 Å². The van der Waals surface area contributed by atoms with Gasteiger partial charge in [0.05, 0.1) is 5.69 Å². The molecule has 1 amide bonds. The molecule has 130 valence electrons. The van der Waals surface area contributed by atoms with Gasteiger partial charge < -0.3 is 10.1 Å². The lowest BCUT2D eigenvalue weighted by Crippen LogP contribution is -2.37. The maximum atomic E-state index is 12.2. The van der Waals surface area contributed by atoms with Gasteiger partial charge in [-0.3, -0.25) is 14.6 Å². The van der Waals surface area contributed by atoms with E-state index in [9.17, 15) is 14.7 Å². The number of aromatic amines is 1. The summed E-state index contributed by atoms with van der Waals surface area (Å²) in [6.45, 7) is 5.46. The first kappa shape index (κ1) is 17.8. The number of amides is 1. The third-order valence-corrected chi connectivity index (χ3v) is 4.05. The van der Waals surface area contributed by atoms with Gasteiger partial charge in [0.15, 0.2) is 0 Å². The van der Waals surface area contributed by atoms with Gasteiger partial charge in [-0.2, -0.15) is 0 Å². The average Bonchev–Trinajstić information content (AvgIpc) is 2.82. The number of carbonyl (C=O) groups is 1. The topological polar surface area (TPSA) is 107 Å². The monoisotopic (exact) mass is 333 g/mol. The number of nitrogens with one attached hydrogen (secondary N) is 2. The normalized spacial score (nSPS) is 12.4. The van der Waals surface area contributed by atoms with Crippen molar-refractivity contribution in [3.8, 4) is 5.88 Å². The Morgan fingerprint density at radius 1 is 1.25 bits per heavy atom. The van der Waals surface area contributed by atoms with Crippen LogP contribution in [-0.2, 0) is 17.6 Å². The van der Waals surface area contributed by atoms with Gasteiger partial charge in [-0.1, -0.05) is 43.7 Å². The van der Waals surface area contributed by atoms with Gasteiger partial charge in [0.25, 0.3) is 5.91 Å². The van der Waals surface area contributed by atoms with E-state index in [4.69, 9.17) is 5.21 Å². The lowest BCUT2D eigenvalue weighted by Gasteiger charge is -2.19. The van der Waals surface area contributed by atoms with E-state index >= 15 is 0 Å². The largest absolute Gasteiger partial charge is 0.493 e. The van der Waals surface area contributed by atoms with Crippen molar-refractivity contribution in [3.05, 3.63) is 51.6 Å². The van der Waals surface area contributed by atoms with Crippen LogP contribution in [0.15, 0.2) is 29.1 Å². The Morgan fingerprint density at radius 2 is 1.88 bits per heavy atom. The quantitative estimate of drug-likeness (QED) is 0.476. The molecule has 0 spiro atoms. The fraction of sp³-hybridized carbons (Fsp3) is 0.412. The number of hydrogen-bond acceptors (Lipinski definition) is 4. The summed E-state index contributed by atoms with van der Waals surface area (Å²) in [5.41, 5.74) is 3.59. The minimum atomic E-state index is -0.994. The second-order valence-corrected chi connectivity index (χ2v) is 6.25. The molecule has 1 atom stereocenters. The molecular formula is C17H23N3O4. The van der Waals surface area contributed by atoms with E-state index in [0.717, 1.165) is 15.7 Å². The van der Waals surface area contributed by atoms with Crippen LogP contribution >= 0.6 is 0 Å².